The van der Waals surface area contributed by atoms with E-state index in [4.69, 9.17) is 0 Å². The molecule has 0 aliphatic heterocycles. The Morgan fingerprint density at radius 3 is 2.32 bits per heavy atom. The van der Waals surface area contributed by atoms with Gasteiger partial charge in [0.05, 0.1) is 0 Å². The first-order valence-electron chi connectivity index (χ1n) is 7.60. The van der Waals surface area contributed by atoms with E-state index in [2.05, 4.69) is 24.4 Å². The van der Waals surface area contributed by atoms with Crippen molar-refractivity contribution in [2.45, 2.75) is 65.5 Å². The summed E-state index contributed by atoms with van der Waals surface area (Å²) in [7, 11) is 0. The third-order valence-corrected chi connectivity index (χ3v) is 4.54. The fourth-order valence-electron chi connectivity index (χ4n) is 3.23. The van der Waals surface area contributed by atoms with Gasteiger partial charge in [0, 0.05) is 12.6 Å². The lowest BCUT2D eigenvalue weighted by molar-refractivity contribution is 0.280. The highest BCUT2D eigenvalue weighted by Crippen LogP contribution is 2.27. The molecule has 2 nitrogen and oxygen atoms in total. The normalized spacial score (nSPS) is 18.5. The molecule has 1 aliphatic rings. The molecule has 2 N–H and O–H groups in total. The minimum absolute atomic E-state index is 0.434. The van der Waals surface area contributed by atoms with Gasteiger partial charge in [0.25, 0.3) is 0 Å². The van der Waals surface area contributed by atoms with E-state index in [9.17, 15) is 5.11 Å². The summed E-state index contributed by atoms with van der Waals surface area (Å²) in [6.07, 6.45) is 6.96. The molecule has 0 bridgehead atoms. The van der Waals surface area contributed by atoms with Crippen LogP contribution in [-0.4, -0.2) is 11.1 Å². The first-order chi connectivity index (χ1) is 9.08. The third kappa shape index (κ3) is 3.73. The predicted molar refractivity (Wildman–Crippen MR) is 80.5 cm³/mol. The zero-order valence-corrected chi connectivity index (χ0v) is 12.5. The van der Waals surface area contributed by atoms with Gasteiger partial charge in [-0.15, -0.1) is 0 Å². The van der Waals surface area contributed by atoms with Gasteiger partial charge in [-0.05, 0) is 56.2 Å². The van der Waals surface area contributed by atoms with Crippen molar-refractivity contribution < 1.29 is 5.11 Å². The van der Waals surface area contributed by atoms with Gasteiger partial charge in [-0.2, -0.15) is 0 Å². The van der Waals surface area contributed by atoms with Gasteiger partial charge in [-0.3, -0.25) is 0 Å². The molecule has 0 unspecified atom stereocenters. The van der Waals surface area contributed by atoms with Crippen molar-refractivity contribution in [3.63, 3.8) is 0 Å². The second-order valence-electron chi connectivity index (χ2n) is 6.15. The topological polar surface area (TPSA) is 32.3 Å². The van der Waals surface area contributed by atoms with Gasteiger partial charge in [-0.25, -0.2) is 0 Å². The number of aryl methyl sites for hydroxylation is 2. The van der Waals surface area contributed by atoms with Crippen molar-refractivity contribution in [1.29, 1.82) is 0 Å². The monoisotopic (exact) mass is 261 g/mol. The summed E-state index contributed by atoms with van der Waals surface area (Å²) in [6, 6.07) is 4.76. The number of hydrogen-bond acceptors (Lipinski definition) is 2. The zero-order valence-electron chi connectivity index (χ0n) is 12.5. The first kappa shape index (κ1) is 14.4. The van der Waals surface area contributed by atoms with Gasteiger partial charge >= 0.3 is 0 Å². The van der Waals surface area contributed by atoms with E-state index in [-0.39, 0.29) is 0 Å². The summed E-state index contributed by atoms with van der Waals surface area (Å²) in [5.41, 5.74) is 3.22. The van der Waals surface area contributed by atoms with E-state index in [0.717, 1.165) is 23.6 Å². The van der Waals surface area contributed by atoms with Crippen molar-refractivity contribution in [2.24, 2.45) is 5.92 Å². The number of aromatic hydroxyl groups is 1. The molecule has 1 aromatic carbocycles. The maximum absolute atomic E-state index is 9.79. The van der Waals surface area contributed by atoms with Crippen molar-refractivity contribution >= 4 is 0 Å². The highest BCUT2D eigenvalue weighted by molar-refractivity contribution is 5.42. The van der Waals surface area contributed by atoms with Crippen LogP contribution < -0.4 is 5.32 Å². The van der Waals surface area contributed by atoms with Crippen molar-refractivity contribution in [3.8, 4) is 5.75 Å². The fourth-order valence-corrected chi connectivity index (χ4v) is 3.23. The zero-order chi connectivity index (χ0) is 13.8. The molecule has 19 heavy (non-hydrogen) atoms. The van der Waals surface area contributed by atoms with Crippen LogP contribution in [0.25, 0.3) is 0 Å². The van der Waals surface area contributed by atoms with Crippen LogP contribution in [0.5, 0.6) is 5.75 Å². The molecule has 1 aliphatic carbocycles. The molecule has 0 aromatic heterocycles. The van der Waals surface area contributed by atoms with Crippen LogP contribution in [0.1, 0.15) is 55.7 Å². The first-order valence-corrected chi connectivity index (χ1v) is 7.60. The van der Waals surface area contributed by atoms with Crippen molar-refractivity contribution in [1.82, 2.24) is 5.32 Å². The number of phenolic OH excluding ortho intramolecular Hbond substituents is 1. The summed E-state index contributed by atoms with van der Waals surface area (Å²) in [6.45, 7) is 7.16. The van der Waals surface area contributed by atoms with Gasteiger partial charge in [-0.1, -0.05) is 31.4 Å². The molecule has 2 heteroatoms. The van der Waals surface area contributed by atoms with Crippen LogP contribution in [-0.2, 0) is 6.54 Å². The van der Waals surface area contributed by atoms with Crippen LogP contribution in [0.15, 0.2) is 12.1 Å². The molecule has 0 saturated heterocycles. The second kappa shape index (κ2) is 6.42. The Kier molecular flexibility index (Phi) is 4.87. The molecule has 1 saturated carbocycles. The second-order valence-corrected chi connectivity index (χ2v) is 6.15. The van der Waals surface area contributed by atoms with E-state index in [1.165, 1.54) is 37.7 Å². The van der Waals surface area contributed by atoms with E-state index < -0.39 is 0 Å². The van der Waals surface area contributed by atoms with Crippen LogP contribution >= 0.6 is 0 Å². The highest BCUT2D eigenvalue weighted by Gasteiger charge is 2.19. The molecule has 0 amide bonds. The van der Waals surface area contributed by atoms with E-state index >= 15 is 0 Å². The molecule has 1 aromatic rings. The fraction of sp³-hybridized carbons (Fsp3) is 0.647. The Morgan fingerprint density at radius 1 is 1.16 bits per heavy atom. The van der Waals surface area contributed by atoms with Crippen LogP contribution in [0, 0.1) is 19.8 Å². The number of rotatable bonds is 4. The Balaban J connectivity index is 1.91. The van der Waals surface area contributed by atoms with Gasteiger partial charge in [0.15, 0.2) is 0 Å². The minimum atomic E-state index is 0.434. The van der Waals surface area contributed by atoms with Gasteiger partial charge < -0.3 is 10.4 Å². The number of benzene rings is 1. The van der Waals surface area contributed by atoms with Gasteiger partial charge in [0.1, 0.15) is 5.75 Å². The average molecular weight is 261 g/mol. The number of nitrogens with one attached hydrogen (secondary N) is 1. The standard InChI is InChI=1S/C17H27NO/c1-12-9-15(10-13(2)17(12)19)11-18-14(3)16-7-5-4-6-8-16/h9-10,14,16,18-19H,4-8,11H2,1-3H3/t14-/m0/s1. The average Bonchev–Trinajstić information content (AvgIpc) is 2.43. The molecule has 0 radical (unpaired) electrons. The van der Waals surface area contributed by atoms with Crippen LogP contribution in [0.4, 0.5) is 0 Å². The summed E-state index contributed by atoms with van der Waals surface area (Å²) in [5.74, 6) is 1.28. The molecule has 1 fully saturated rings. The summed E-state index contributed by atoms with van der Waals surface area (Å²) in [5, 5.41) is 13.5. The Hall–Kier alpha value is -1.02. The Morgan fingerprint density at radius 2 is 1.74 bits per heavy atom. The van der Waals surface area contributed by atoms with Crippen molar-refractivity contribution in [3.05, 3.63) is 28.8 Å². The largest absolute Gasteiger partial charge is 0.507 e. The lowest BCUT2D eigenvalue weighted by Gasteiger charge is -2.28. The van der Waals surface area contributed by atoms with E-state index in [0.29, 0.717) is 11.8 Å². The molecule has 106 valence electrons. The minimum Gasteiger partial charge on any atom is -0.507 e. The maximum atomic E-state index is 9.79. The number of hydrogen-bond donors (Lipinski definition) is 2. The van der Waals surface area contributed by atoms with Crippen LogP contribution in [0.2, 0.25) is 0 Å². The summed E-state index contributed by atoms with van der Waals surface area (Å²) < 4.78 is 0. The van der Waals surface area contributed by atoms with Crippen LogP contribution in [0.3, 0.4) is 0 Å². The summed E-state index contributed by atoms with van der Waals surface area (Å²) in [4.78, 5) is 0. The predicted octanol–water partition coefficient (Wildman–Crippen LogP) is 4.07. The Bertz CT molecular complexity index is 398. The molecule has 1 atom stereocenters. The SMILES string of the molecule is Cc1cc(CN[C@@H](C)C2CCCCC2)cc(C)c1O. The molecular formula is C17H27NO. The molecule has 2 rings (SSSR count). The Labute approximate surface area is 117 Å². The maximum Gasteiger partial charge on any atom is 0.121 e. The van der Waals surface area contributed by atoms with E-state index in [1.807, 2.05) is 13.8 Å². The molecule has 0 spiro atoms. The lowest BCUT2D eigenvalue weighted by atomic mass is 9.84. The molecular weight excluding hydrogens is 234 g/mol. The summed E-state index contributed by atoms with van der Waals surface area (Å²) >= 11 is 0. The van der Waals surface area contributed by atoms with E-state index in [1.54, 1.807) is 0 Å². The van der Waals surface area contributed by atoms with Gasteiger partial charge in [0.2, 0.25) is 0 Å². The quantitative estimate of drug-likeness (QED) is 0.856. The van der Waals surface area contributed by atoms with Crippen molar-refractivity contribution in [2.75, 3.05) is 0 Å². The smallest absolute Gasteiger partial charge is 0.121 e. The highest BCUT2D eigenvalue weighted by atomic mass is 16.3. The third-order valence-electron chi connectivity index (χ3n) is 4.54. The molecule has 0 heterocycles. The lowest BCUT2D eigenvalue weighted by Crippen LogP contribution is -2.34. The number of phenols is 1.